The topological polar surface area (TPSA) is 94.1 Å². The molecule has 0 saturated heterocycles. The predicted molar refractivity (Wildman–Crippen MR) is 95.0 cm³/mol. The van der Waals surface area contributed by atoms with Crippen LogP contribution in [-0.2, 0) is 0 Å². The molecule has 0 aliphatic heterocycles. The van der Waals surface area contributed by atoms with Crippen molar-refractivity contribution in [3.63, 3.8) is 0 Å². The van der Waals surface area contributed by atoms with Gasteiger partial charge in [0, 0.05) is 11.8 Å². The number of hydrogen-bond donors (Lipinski definition) is 3. The van der Waals surface area contributed by atoms with Crippen LogP contribution in [0, 0.1) is 0 Å². The fraction of sp³-hybridized carbons (Fsp3) is 0.105. The highest BCUT2D eigenvalue weighted by Gasteiger charge is 2.17. The second-order valence-electron chi connectivity index (χ2n) is 5.55. The number of aromatic nitrogens is 1. The highest BCUT2D eigenvalue weighted by Crippen LogP contribution is 2.27. The Morgan fingerprint density at radius 2 is 1.83 bits per heavy atom. The fourth-order valence-corrected chi connectivity index (χ4v) is 2.48. The van der Waals surface area contributed by atoms with Gasteiger partial charge in [0.25, 0.3) is 0 Å². The Balaban J connectivity index is 1.91. The Labute approximate surface area is 140 Å². The maximum absolute atomic E-state index is 12.8. The zero-order valence-electron chi connectivity index (χ0n) is 13.3. The zero-order valence-corrected chi connectivity index (χ0v) is 13.3. The van der Waals surface area contributed by atoms with Gasteiger partial charge in [0.15, 0.2) is 5.78 Å². The number of para-hydroxylation sites is 1. The third-order valence-corrected chi connectivity index (χ3v) is 3.84. The lowest BCUT2D eigenvalue weighted by Crippen LogP contribution is -2.09. The molecule has 0 bridgehead atoms. The summed E-state index contributed by atoms with van der Waals surface area (Å²) in [6, 6.07) is 15.9. The van der Waals surface area contributed by atoms with E-state index in [2.05, 4.69) is 4.98 Å². The average Bonchev–Trinajstić information content (AvgIpc) is 3.12. The quantitative estimate of drug-likeness (QED) is 0.495. The van der Waals surface area contributed by atoms with Gasteiger partial charge in [-0.1, -0.05) is 12.1 Å². The number of carbonyl (C=O) groups excluding carboxylic acids is 1. The third kappa shape index (κ3) is 3.10. The molecule has 0 amide bonds. The van der Waals surface area contributed by atoms with Crippen molar-refractivity contribution in [1.29, 1.82) is 0 Å². The van der Waals surface area contributed by atoms with E-state index in [1.54, 1.807) is 36.4 Å². The Morgan fingerprint density at radius 3 is 2.54 bits per heavy atom. The SMILES string of the molecule is CC(Oc1ccccc1C(=O)c1ccc(N)c(N)c1)c1ccc[nH]1. The molecule has 122 valence electrons. The van der Waals surface area contributed by atoms with Crippen LogP contribution < -0.4 is 16.2 Å². The van der Waals surface area contributed by atoms with Crippen LogP contribution in [0.4, 0.5) is 11.4 Å². The number of carbonyl (C=O) groups is 1. The monoisotopic (exact) mass is 321 g/mol. The number of nitrogens with two attached hydrogens (primary N) is 2. The van der Waals surface area contributed by atoms with Crippen LogP contribution in [0.25, 0.3) is 0 Å². The van der Waals surface area contributed by atoms with Gasteiger partial charge in [-0.15, -0.1) is 0 Å². The first kappa shape index (κ1) is 15.7. The summed E-state index contributed by atoms with van der Waals surface area (Å²) < 4.78 is 5.98. The predicted octanol–water partition coefficient (Wildman–Crippen LogP) is 3.55. The number of anilines is 2. The first-order valence-corrected chi connectivity index (χ1v) is 7.65. The molecular weight excluding hydrogens is 302 g/mol. The molecule has 2 aromatic carbocycles. The molecule has 3 rings (SSSR count). The molecule has 24 heavy (non-hydrogen) atoms. The summed E-state index contributed by atoms with van der Waals surface area (Å²) in [4.78, 5) is 15.9. The van der Waals surface area contributed by atoms with Crippen molar-refractivity contribution in [3.8, 4) is 5.75 Å². The van der Waals surface area contributed by atoms with Crippen molar-refractivity contribution >= 4 is 17.2 Å². The molecule has 0 aliphatic carbocycles. The minimum absolute atomic E-state index is 0.156. The maximum Gasteiger partial charge on any atom is 0.196 e. The summed E-state index contributed by atoms with van der Waals surface area (Å²) in [5.74, 6) is 0.371. The molecule has 1 atom stereocenters. The van der Waals surface area contributed by atoms with Gasteiger partial charge in [0.05, 0.1) is 22.6 Å². The second kappa shape index (κ2) is 6.50. The first-order valence-electron chi connectivity index (χ1n) is 7.65. The lowest BCUT2D eigenvalue weighted by Gasteiger charge is -2.16. The van der Waals surface area contributed by atoms with Crippen LogP contribution >= 0.6 is 0 Å². The van der Waals surface area contributed by atoms with E-state index in [-0.39, 0.29) is 11.9 Å². The number of aromatic amines is 1. The van der Waals surface area contributed by atoms with Crippen molar-refractivity contribution in [2.75, 3.05) is 11.5 Å². The molecule has 0 aliphatic rings. The van der Waals surface area contributed by atoms with Crippen LogP contribution in [0.15, 0.2) is 60.8 Å². The third-order valence-electron chi connectivity index (χ3n) is 3.84. The van der Waals surface area contributed by atoms with Crippen LogP contribution in [-0.4, -0.2) is 10.8 Å². The number of benzene rings is 2. The Kier molecular flexibility index (Phi) is 4.24. The maximum atomic E-state index is 12.8. The number of H-pyrrole nitrogens is 1. The van der Waals surface area contributed by atoms with Crippen LogP contribution in [0.5, 0.6) is 5.75 Å². The molecule has 0 spiro atoms. The van der Waals surface area contributed by atoms with Crippen molar-refractivity contribution in [1.82, 2.24) is 4.98 Å². The summed E-state index contributed by atoms with van der Waals surface area (Å²) in [6.07, 6.45) is 1.63. The Hall–Kier alpha value is -3.21. The zero-order chi connectivity index (χ0) is 17.1. The van der Waals surface area contributed by atoms with Crippen molar-refractivity contribution < 1.29 is 9.53 Å². The lowest BCUT2D eigenvalue weighted by atomic mass is 10.0. The molecule has 5 N–H and O–H groups in total. The summed E-state index contributed by atoms with van der Waals surface area (Å²) >= 11 is 0. The van der Waals surface area contributed by atoms with Crippen molar-refractivity contribution in [3.05, 3.63) is 77.6 Å². The van der Waals surface area contributed by atoms with Gasteiger partial charge in [-0.05, 0) is 49.4 Å². The van der Waals surface area contributed by atoms with Gasteiger partial charge in [-0.25, -0.2) is 0 Å². The smallest absolute Gasteiger partial charge is 0.196 e. The largest absolute Gasteiger partial charge is 0.484 e. The number of hydrogen-bond acceptors (Lipinski definition) is 4. The summed E-state index contributed by atoms with van der Waals surface area (Å²) in [5, 5.41) is 0. The molecule has 1 heterocycles. The van der Waals surface area contributed by atoms with E-state index in [4.69, 9.17) is 16.2 Å². The van der Waals surface area contributed by atoms with E-state index in [9.17, 15) is 4.79 Å². The molecule has 0 radical (unpaired) electrons. The number of rotatable bonds is 5. The van der Waals surface area contributed by atoms with Gasteiger partial charge in [-0.3, -0.25) is 4.79 Å². The summed E-state index contributed by atoms with van der Waals surface area (Å²) in [7, 11) is 0. The van der Waals surface area contributed by atoms with Crippen LogP contribution in [0.2, 0.25) is 0 Å². The Bertz CT molecular complexity index is 857. The average molecular weight is 321 g/mol. The van der Waals surface area contributed by atoms with Crippen LogP contribution in [0.1, 0.15) is 34.6 Å². The summed E-state index contributed by atoms with van der Waals surface area (Å²) in [6.45, 7) is 1.92. The molecule has 0 fully saturated rings. The number of ketones is 1. The molecule has 3 aromatic rings. The lowest BCUT2D eigenvalue weighted by molar-refractivity contribution is 0.103. The number of ether oxygens (including phenoxy) is 1. The highest BCUT2D eigenvalue weighted by atomic mass is 16.5. The van der Waals surface area contributed by atoms with Gasteiger partial charge >= 0.3 is 0 Å². The van der Waals surface area contributed by atoms with E-state index in [0.29, 0.717) is 28.3 Å². The molecule has 0 saturated carbocycles. The van der Waals surface area contributed by atoms with E-state index in [1.807, 2.05) is 31.3 Å². The van der Waals surface area contributed by atoms with Crippen molar-refractivity contribution in [2.45, 2.75) is 13.0 Å². The number of nitrogens with one attached hydrogen (secondary N) is 1. The second-order valence-corrected chi connectivity index (χ2v) is 5.55. The molecule has 1 aromatic heterocycles. The summed E-state index contributed by atoms with van der Waals surface area (Å²) in [5.41, 5.74) is 14.3. The Morgan fingerprint density at radius 1 is 1.04 bits per heavy atom. The number of nitrogen functional groups attached to an aromatic ring is 2. The molecule has 1 unspecified atom stereocenters. The van der Waals surface area contributed by atoms with E-state index < -0.39 is 0 Å². The van der Waals surface area contributed by atoms with Gasteiger partial charge in [0.1, 0.15) is 11.9 Å². The van der Waals surface area contributed by atoms with Gasteiger partial charge < -0.3 is 21.2 Å². The molecule has 5 nitrogen and oxygen atoms in total. The van der Waals surface area contributed by atoms with E-state index >= 15 is 0 Å². The minimum Gasteiger partial charge on any atom is -0.484 e. The van der Waals surface area contributed by atoms with E-state index in [0.717, 1.165) is 5.69 Å². The van der Waals surface area contributed by atoms with Gasteiger partial charge in [-0.2, -0.15) is 0 Å². The van der Waals surface area contributed by atoms with Crippen molar-refractivity contribution in [2.24, 2.45) is 0 Å². The first-order chi connectivity index (χ1) is 11.6. The molecular formula is C19H19N3O2. The minimum atomic E-state index is -0.203. The highest BCUT2D eigenvalue weighted by molar-refractivity contribution is 6.11. The van der Waals surface area contributed by atoms with Crippen LogP contribution in [0.3, 0.4) is 0 Å². The normalized spacial score (nSPS) is 11.9. The fourth-order valence-electron chi connectivity index (χ4n) is 2.48. The van der Waals surface area contributed by atoms with E-state index in [1.165, 1.54) is 0 Å². The standard InChI is InChI=1S/C19H19N3O2/c1-12(17-6-4-10-22-17)24-18-7-3-2-5-14(18)19(23)13-8-9-15(20)16(21)11-13/h2-12,22H,20-21H2,1H3. The van der Waals surface area contributed by atoms with Gasteiger partial charge in [0.2, 0.25) is 0 Å². The molecule has 5 heteroatoms.